The highest BCUT2D eigenvalue weighted by Crippen LogP contribution is 2.38. The average Bonchev–Trinajstić information content (AvgIpc) is 2.99. The van der Waals surface area contributed by atoms with Crippen molar-refractivity contribution in [2.24, 2.45) is 0 Å². The summed E-state index contributed by atoms with van der Waals surface area (Å²) in [5.41, 5.74) is 0. The molecule has 1 aromatic heterocycles. The molecule has 0 aliphatic heterocycles. The van der Waals surface area contributed by atoms with Crippen molar-refractivity contribution in [1.82, 2.24) is 9.97 Å². The fourth-order valence-corrected chi connectivity index (χ4v) is 1.98. The Morgan fingerprint density at radius 2 is 2.25 bits per heavy atom. The summed E-state index contributed by atoms with van der Waals surface area (Å²) >= 11 is 5.99. The van der Waals surface area contributed by atoms with E-state index in [-0.39, 0.29) is 0 Å². The second kappa shape index (κ2) is 5.00. The smallest absolute Gasteiger partial charge is 0.135 e. The van der Waals surface area contributed by atoms with Gasteiger partial charge in [0.05, 0.1) is 0 Å². The van der Waals surface area contributed by atoms with Crippen LogP contribution in [0, 0.1) is 0 Å². The predicted molar refractivity (Wildman–Crippen MR) is 67.0 cm³/mol. The van der Waals surface area contributed by atoms with Gasteiger partial charge in [0.25, 0.3) is 0 Å². The van der Waals surface area contributed by atoms with Gasteiger partial charge < -0.3 is 5.32 Å². The molecule has 0 saturated heterocycles. The molecule has 1 saturated carbocycles. The molecule has 1 unspecified atom stereocenters. The van der Waals surface area contributed by atoms with Crippen LogP contribution in [0.4, 0.5) is 5.82 Å². The number of nitrogens with zero attached hydrogens (tertiary/aromatic N) is 2. The van der Waals surface area contributed by atoms with Crippen LogP contribution in [0.5, 0.6) is 0 Å². The van der Waals surface area contributed by atoms with Crippen molar-refractivity contribution in [3.63, 3.8) is 0 Å². The van der Waals surface area contributed by atoms with Crippen LogP contribution in [0.2, 0.25) is 5.15 Å². The Morgan fingerprint density at radius 1 is 1.50 bits per heavy atom. The van der Waals surface area contributed by atoms with Crippen LogP contribution < -0.4 is 5.32 Å². The Bertz CT molecular complexity index is 363. The van der Waals surface area contributed by atoms with Crippen molar-refractivity contribution in [3.8, 4) is 0 Å². The standard InChI is InChI=1S/C12H18ClN3/c1-3-4-8(2)14-11-7-10(13)15-12(16-11)9-5-6-9/h7-9H,3-6H2,1-2H3,(H,14,15,16). The summed E-state index contributed by atoms with van der Waals surface area (Å²) in [5.74, 6) is 2.31. The zero-order chi connectivity index (χ0) is 11.5. The number of halogens is 1. The van der Waals surface area contributed by atoms with E-state index in [1.54, 1.807) is 6.07 Å². The van der Waals surface area contributed by atoms with Gasteiger partial charge in [0.1, 0.15) is 16.8 Å². The molecule has 0 radical (unpaired) electrons. The lowest BCUT2D eigenvalue weighted by molar-refractivity contribution is 0.686. The summed E-state index contributed by atoms with van der Waals surface area (Å²) in [7, 11) is 0. The monoisotopic (exact) mass is 239 g/mol. The minimum atomic E-state index is 0.433. The molecule has 0 spiro atoms. The summed E-state index contributed by atoms with van der Waals surface area (Å²) < 4.78 is 0. The van der Waals surface area contributed by atoms with E-state index < -0.39 is 0 Å². The molecule has 0 amide bonds. The predicted octanol–water partition coefficient (Wildman–Crippen LogP) is 3.61. The molecule has 0 aromatic carbocycles. The Labute approximate surface area is 102 Å². The van der Waals surface area contributed by atoms with Crippen LogP contribution in [-0.4, -0.2) is 16.0 Å². The minimum Gasteiger partial charge on any atom is -0.367 e. The lowest BCUT2D eigenvalue weighted by atomic mass is 10.2. The van der Waals surface area contributed by atoms with E-state index in [0.717, 1.165) is 18.1 Å². The lowest BCUT2D eigenvalue weighted by Crippen LogP contribution is -2.16. The molecule has 1 aromatic rings. The highest BCUT2D eigenvalue weighted by Gasteiger charge is 2.27. The third-order valence-electron chi connectivity index (χ3n) is 2.77. The molecule has 1 fully saturated rings. The Balaban J connectivity index is 2.07. The summed E-state index contributed by atoms with van der Waals surface area (Å²) in [4.78, 5) is 8.77. The topological polar surface area (TPSA) is 37.8 Å². The third kappa shape index (κ3) is 3.08. The number of hydrogen-bond donors (Lipinski definition) is 1. The van der Waals surface area contributed by atoms with Crippen molar-refractivity contribution in [1.29, 1.82) is 0 Å². The van der Waals surface area contributed by atoms with Gasteiger partial charge in [-0.2, -0.15) is 0 Å². The second-order valence-electron chi connectivity index (χ2n) is 4.54. The maximum atomic E-state index is 5.99. The van der Waals surface area contributed by atoms with E-state index in [1.807, 2.05) is 0 Å². The van der Waals surface area contributed by atoms with Gasteiger partial charge in [-0.15, -0.1) is 0 Å². The first-order valence-electron chi connectivity index (χ1n) is 6.00. The third-order valence-corrected chi connectivity index (χ3v) is 2.96. The van der Waals surface area contributed by atoms with Crippen molar-refractivity contribution in [3.05, 3.63) is 17.0 Å². The van der Waals surface area contributed by atoms with Crippen molar-refractivity contribution in [2.75, 3.05) is 5.32 Å². The number of hydrogen-bond acceptors (Lipinski definition) is 3. The summed E-state index contributed by atoms with van der Waals surface area (Å²) in [6, 6.07) is 2.24. The van der Waals surface area contributed by atoms with Gasteiger partial charge in [0.2, 0.25) is 0 Å². The highest BCUT2D eigenvalue weighted by molar-refractivity contribution is 6.29. The quantitative estimate of drug-likeness (QED) is 0.798. The fourth-order valence-electron chi connectivity index (χ4n) is 1.79. The van der Waals surface area contributed by atoms with Crippen molar-refractivity contribution < 1.29 is 0 Å². The molecule has 1 atom stereocenters. The summed E-state index contributed by atoms with van der Waals surface area (Å²) in [6.45, 7) is 4.34. The van der Waals surface area contributed by atoms with Crippen LogP contribution in [0.15, 0.2) is 6.07 Å². The van der Waals surface area contributed by atoms with Crippen molar-refractivity contribution in [2.45, 2.75) is 51.5 Å². The molecular weight excluding hydrogens is 222 g/mol. The van der Waals surface area contributed by atoms with E-state index in [4.69, 9.17) is 11.6 Å². The Morgan fingerprint density at radius 3 is 2.88 bits per heavy atom. The average molecular weight is 240 g/mol. The van der Waals surface area contributed by atoms with Crippen LogP contribution in [0.25, 0.3) is 0 Å². The molecule has 1 aliphatic rings. The molecule has 1 aliphatic carbocycles. The number of anilines is 1. The summed E-state index contributed by atoms with van der Waals surface area (Å²) in [6.07, 6.45) is 4.71. The van der Waals surface area contributed by atoms with Crippen LogP contribution in [0.1, 0.15) is 51.3 Å². The van der Waals surface area contributed by atoms with Gasteiger partial charge in [0.15, 0.2) is 0 Å². The van der Waals surface area contributed by atoms with Gasteiger partial charge in [0, 0.05) is 18.0 Å². The van der Waals surface area contributed by atoms with Gasteiger partial charge in [-0.1, -0.05) is 24.9 Å². The zero-order valence-corrected chi connectivity index (χ0v) is 10.6. The largest absolute Gasteiger partial charge is 0.367 e. The van der Waals surface area contributed by atoms with E-state index in [2.05, 4.69) is 29.1 Å². The molecule has 16 heavy (non-hydrogen) atoms. The first-order chi connectivity index (χ1) is 7.69. The Kier molecular flexibility index (Phi) is 3.64. The van der Waals surface area contributed by atoms with E-state index >= 15 is 0 Å². The van der Waals surface area contributed by atoms with Gasteiger partial charge in [-0.25, -0.2) is 9.97 Å². The Hall–Kier alpha value is -0.830. The molecule has 3 nitrogen and oxygen atoms in total. The number of aromatic nitrogens is 2. The first kappa shape index (κ1) is 11.6. The van der Waals surface area contributed by atoms with Gasteiger partial charge in [-0.3, -0.25) is 0 Å². The zero-order valence-electron chi connectivity index (χ0n) is 9.83. The normalized spacial score (nSPS) is 17.2. The van der Waals surface area contributed by atoms with E-state index in [1.165, 1.54) is 19.3 Å². The van der Waals surface area contributed by atoms with Crippen LogP contribution in [0.3, 0.4) is 0 Å². The highest BCUT2D eigenvalue weighted by atomic mass is 35.5. The molecule has 1 heterocycles. The molecule has 0 bridgehead atoms. The minimum absolute atomic E-state index is 0.433. The molecule has 2 rings (SSSR count). The van der Waals surface area contributed by atoms with E-state index in [0.29, 0.717) is 17.1 Å². The summed E-state index contributed by atoms with van der Waals surface area (Å²) in [5, 5.41) is 3.92. The number of rotatable bonds is 5. The maximum absolute atomic E-state index is 5.99. The molecular formula is C12H18ClN3. The number of nitrogens with one attached hydrogen (secondary N) is 1. The lowest BCUT2D eigenvalue weighted by Gasteiger charge is -2.14. The van der Waals surface area contributed by atoms with E-state index in [9.17, 15) is 0 Å². The fraction of sp³-hybridized carbons (Fsp3) is 0.667. The molecule has 1 N–H and O–H groups in total. The SMILES string of the molecule is CCCC(C)Nc1cc(Cl)nc(C2CC2)n1. The van der Waals surface area contributed by atoms with Crippen LogP contribution >= 0.6 is 11.6 Å². The van der Waals surface area contributed by atoms with Crippen molar-refractivity contribution >= 4 is 17.4 Å². The van der Waals surface area contributed by atoms with Crippen LogP contribution in [-0.2, 0) is 0 Å². The molecule has 88 valence electrons. The van der Waals surface area contributed by atoms with Gasteiger partial charge in [-0.05, 0) is 26.2 Å². The second-order valence-corrected chi connectivity index (χ2v) is 4.93. The maximum Gasteiger partial charge on any atom is 0.135 e. The first-order valence-corrected chi connectivity index (χ1v) is 6.38. The van der Waals surface area contributed by atoms with Gasteiger partial charge >= 0.3 is 0 Å². The molecule has 4 heteroatoms.